The van der Waals surface area contributed by atoms with Gasteiger partial charge in [-0.2, -0.15) is 0 Å². The first kappa shape index (κ1) is 16.9. The van der Waals surface area contributed by atoms with Crippen molar-refractivity contribution in [3.63, 3.8) is 0 Å². The molecule has 1 fully saturated rings. The summed E-state index contributed by atoms with van der Waals surface area (Å²) in [6, 6.07) is 0.506. The smallest absolute Gasteiger partial charge is 0.0725 e. The molecule has 3 unspecified atom stereocenters. The van der Waals surface area contributed by atoms with Gasteiger partial charge >= 0.3 is 0 Å². The molecule has 1 saturated heterocycles. The standard InChI is InChI=1S/C16H33NO2/c1-4-12-17-15(16(5-2)18-6-3)11-7-9-14-10-8-13-19-14/h14-17H,4-13H2,1-3H3. The van der Waals surface area contributed by atoms with Gasteiger partial charge in [-0.15, -0.1) is 0 Å². The van der Waals surface area contributed by atoms with Gasteiger partial charge in [-0.05, 0) is 58.4 Å². The van der Waals surface area contributed by atoms with E-state index in [4.69, 9.17) is 9.47 Å². The third kappa shape index (κ3) is 6.73. The largest absolute Gasteiger partial charge is 0.378 e. The van der Waals surface area contributed by atoms with Gasteiger partial charge in [0.15, 0.2) is 0 Å². The molecule has 1 N–H and O–H groups in total. The van der Waals surface area contributed by atoms with Crippen LogP contribution < -0.4 is 5.32 Å². The summed E-state index contributed by atoms with van der Waals surface area (Å²) >= 11 is 0. The molecule has 3 heteroatoms. The summed E-state index contributed by atoms with van der Waals surface area (Å²) in [5, 5.41) is 3.66. The lowest BCUT2D eigenvalue weighted by Crippen LogP contribution is -2.41. The van der Waals surface area contributed by atoms with E-state index >= 15 is 0 Å². The van der Waals surface area contributed by atoms with Crippen LogP contribution in [0.3, 0.4) is 0 Å². The average molecular weight is 271 g/mol. The van der Waals surface area contributed by atoms with E-state index in [0.717, 1.165) is 26.2 Å². The summed E-state index contributed by atoms with van der Waals surface area (Å²) < 4.78 is 11.6. The maximum absolute atomic E-state index is 5.88. The predicted molar refractivity (Wildman–Crippen MR) is 80.6 cm³/mol. The average Bonchev–Trinajstić information content (AvgIpc) is 2.93. The van der Waals surface area contributed by atoms with E-state index < -0.39 is 0 Å². The first-order valence-corrected chi connectivity index (χ1v) is 8.28. The Labute approximate surface area is 119 Å². The van der Waals surface area contributed by atoms with Crippen LogP contribution in [0.1, 0.15) is 65.7 Å². The molecule has 1 aliphatic rings. The highest BCUT2D eigenvalue weighted by atomic mass is 16.5. The topological polar surface area (TPSA) is 30.5 Å². The highest BCUT2D eigenvalue weighted by Gasteiger charge is 2.21. The highest BCUT2D eigenvalue weighted by Crippen LogP contribution is 2.19. The molecule has 19 heavy (non-hydrogen) atoms. The Morgan fingerprint density at radius 2 is 2.16 bits per heavy atom. The number of rotatable bonds is 11. The van der Waals surface area contributed by atoms with Gasteiger partial charge in [0.25, 0.3) is 0 Å². The second-order valence-electron chi connectivity index (χ2n) is 5.53. The molecule has 1 rings (SSSR count). The van der Waals surface area contributed by atoms with Crippen molar-refractivity contribution >= 4 is 0 Å². The molecule has 0 aromatic rings. The van der Waals surface area contributed by atoms with Crippen molar-refractivity contribution in [2.75, 3.05) is 19.8 Å². The first-order valence-electron chi connectivity index (χ1n) is 8.28. The van der Waals surface area contributed by atoms with Crippen LogP contribution in [0, 0.1) is 0 Å². The zero-order valence-corrected chi connectivity index (χ0v) is 13.1. The molecule has 0 amide bonds. The molecule has 0 aromatic carbocycles. The normalized spacial score (nSPS) is 22.6. The quantitative estimate of drug-likeness (QED) is 0.624. The van der Waals surface area contributed by atoms with Gasteiger partial charge in [-0.1, -0.05) is 13.8 Å². The van der Waals surface area contributed by atoms with E-state index in [1.54, 1.807) is 0 Å². The molecule has 114 valence electrons. The summed E-state index contributed by atoms with van der Waals surface area (Å²) in [4.78, 5) is 0. The summed E-state index contributed by atoms with van der Waals surface area (Å²) in [7, 11) is 0. The van der Waals surface area contributed by atoms with Crippen LogP contribution in [0.2, 0.25) is 0 Å². The molecule has 3 nitrogen and oxygen atoms in total. The summed E-state index contributed by atoms with van der Waals surface area (Å²) in [5.74, 6) is 0. The maximum atomic E-state index is 5.88. The fourth-order valence-electron chi connectivity index (χ4n) is 2.92. The number of hydrogen-bond acceptors (Lipinski definition) is 3. The molecule has 1 heterocycles. The number of hydrogen-bond donors (Lipinski definition) is 1. The van der Waals surface area contributed by atoms with Gasteiger partial charge < -0.3 is 14.8 Å². The van der Waals surface area contributed by atoms with Crippen molar-refractivity contribution in [2.24, 2.45) is 0 Å². The Kier molecular flexibility index (Phi) is 9.48. The minimum atomic E-state index is 0.362. The Balaban J connectivity index is 2.29. The molecule has 1 aliphatic heterocycles. The minimum Gasteiger partial charge on any atom is -0.378 e. The van der Waals surface area contributed by atoms with Crippen molar-refractivity contribution in [2.45, 2.75) is 84.0 Å². The molecular weight excluding hydrogens is 238 g/mol. The second-order valence-corrected chi connectivity index (χ2v) is 5.53. The lowest BCUT2D eigenvalue weighted by molar-refractivity contribution is 0.0273. The van der Waals surface area contributed by atoms with E-state index in [1.165, 1.54) is 38.5 Å². The maximum Gasteiger partial charge on any atom is 0.0725 e. The molecule has 0 aliphatic carbocycles. The Hall–Kier alpha value is -0.120. The summed E-state index contributed by atoms with van der Waals surface area (Å²) in [6.07, 6.45) is 9.34. The van der Waals surface area contributed by atoms with Gasteiger partial charge in [0.1, 0.15) is 0 Å². The second kappa shape index (κ2) is 10.6. The van der Waals surface area contributed by atoms with E-state index in [2.05, 4.69) is 26.1 Å². The SMILES string of the molecule is CCCNC(CCCC1CCCO1)C(CC)OCC. The van der Waals surface area contributed by atoms with Crippen LogP contribution in [0.5, 0.6) is 0 Å². The van der Waals surface area contributed by atoms with E-state index in [1.807, 2.05) is 0 Å². The van der Waals surface area contributed by atoms with Crippen LogP contribution in [-0.4, -0.2) is 38.0 Å². The van der Waals surface area contributed by atoms with E-state index in [-0.39, 0.29) is 0 Å². The Bertz CT molecular complexity index is 205. The van der Waals surface area contributed by atoms with Gasteiger partial charge in [0.05, 0.1) is 12.2 Å². The first-order chi connectivity index (χ1) is 9.31. The molecule has 0 saturated carbocycles. The monoisotopic (exact) mass is 271 g/mol. The fourth-order valence-corrected chi connectivity index (χ4v) is 2.92. The van der Waals surface area contributed by atoms with Crippen LogP contribution in [0.4, 0.5) is 0 Å². The van der Waals surface area contributed by atoms with E-state index in [9.17, 15) is 0 Å². The third-order valence-electron chi connectivity index (χ3n) is 3.95. The zero-order chi connectivity index (χ0) is 13.9. The lowest BCUT2D eigenvalue weighted by Gasteiger charge is -2.27. The van der Waals surface area contributed by atoms with Crippen LogP contribution in [0.25, 0.3) is 0 Å². The van der Waals surface area contributed by atoms with Crippen molar-refractivity contribution < 1.29 is 9.47 Å². The molecule has 0 aromatic heterocycles. The van der Waals surface area contributed by atoms with Crippen LogP contribution in [0.15, 0.2) is 0 Å². The lowest BCUT2D eigenvalue weighted by atomic mass is 9.99. The zero-order valence-electron chi connectivity index (χ0n) is 13.1. The molecular formula is C16H33NO2. The molecule has 0 spiro atoms. The van der Waals surface area contributed by atoms with E-state index in [0.29, 0.717) is 18.2 Å². The van der Waals surface area contributed by atoms with Gasteiger partial charge in [0.2, 0.25) is 0 Å². The van der Waals surface area contributed by atoms with Crippen molar-refractivity contribution in [3.05, 3.63) is 0 Å². The highest BCUT2D eigenvalue weighted by molar-refractivity contribution is 4.77. The number of ether oxygens (including phenoxy) is 2. The summed E-state index contributed by atoms with van der Waals surface area (Å²) in [6.45, 7) is 9.41. The Morgan fingerprint density at radius 1 is 1.32 bits per heavy atom. The van der Waals surface area contributed by atoms with Crippen molar-refractivity contribution in [1.82, 2.24) is 5.32 Å². The van der Waals surface area contributed by atoms with Crippen molar-refractivity contribution in [3.8, 4) is 0 Å². The fraction of sp³-hybridized carbons (Fsp3) is 1.00. The van der Waals surface area contributed by atoms with Gasteiger partial charge in [-0.3, -0.25) is 0 Å². The molecule has 0 radical (unpaired) electrons. The predicted octanol–water partition coefficient (Wildman–Crippen LogP) is 3.52. The van der Waals surface area contributed by atoms with Crippen LogP contribution in [-0.2, 0) is 9.47 Å². The Morgan fingerprint density at radius 3 is 2.74 bits per heavy atom. The van der Waals surface area contributed by atoms with Crippen molar-refractivity contribution in [1.29, 1.82) is 0 Å². The number of nitrogens with one attached hydrogen (secondary N) is 1. The summed E-state index contributed by atoms with van der Waals surface area (Å²) in [5.41, 5.74) is 0. The molecule has 0 bridgehead atoms. The minimum absolute atomic E-state index is 0.362. The van der Waals surface area contributed by atoms with Gasteiger partial charge in [0, 0.05) is 19.3 Å². The third-order valence-corrected chi connectivity index (χ3v) is 3.95. The van der Waals surface area contributed by atoms with Gasteiger partial charge in [-0.25, -0.2) is 0 Å². The van der Waals surface area contributed by atoms with Crippen LogP contribution >= 0.6 is 0 Å². The molecule has 3 atom stereocenters.